The average Bonchev–Trinajstić information content (AvgIpc) is 2.28. The zero-order valence-corrected chi connectivity index (χ0v) is 9.89. The molecule has 0 aliphatic carbocycles. The molecule has 1 saturated heterocycles. The number of piperidine rings is 1. The first-order valence-corrected chi connectivity index (χ1v) is 5.85. The van der Waals surface area contributed by atoms with Crippen molar-refractivity contribution >= 4 is 12.1 Å². The molecule has 1 fully saturated rings. The lowest BCUT2D eigenvalue weighted by atomic mass is 9.92. The summed E-state index contributed by atoms with van der Waals surface area (Å²) in [5.41, 5.74) is 0.641. The molecule has 3 heteroatoms. The number of nitrogens with zero attached hydrogens (tertiary/aromatic N) is 2. The van der Waals surface area contributed by atoms with Gasteiger partial charge in [-0.1, -0.05) is 13.8 Å². The highest BCUT2D eigenvalue weighted by molar-refractivity contribution is 5.74. The van der Waals surface area contributed by atoms with Gasteiger partial charge < -0.3 is 4.90 Å². The summed E-state index contributed by atoms with van der Waals surface area (Å²) < 4.78 is 0. The van der Waals surface area contributed by atoms with Gasteiger partial charge in [-0.25, -0.2) is 4.98 Å². The molecule has 16 heavy (non-hydrogen) atoms. The van der Waals surface area contributed by atoms with Crippen molar-refractivity contribution in [3.05, 3.63) is 23.9 Å². The fourth-order valence-corrected chi connectivity index (χ4v) is 2.50. The fourth-order valence-electron chi connectivity index (χ4n) is 2.50. The Hall–Kier alpha value is -1.38. The highest BCUT2D eigenvalue weighted by Crippen LogP contribution is 2.24. The Morgan fingerprint density at radius 1 is 1.31 bits per heavy atom. The Morgan fingerprint density at radius 3 is 2.50 bits per heavy atom. The van der Waals surface area contributed by atoms with Crippen LogP contribution in [0.3, 0.4) is 0 Å². The predicted molar refractivity (Wildman–Crippen MR) is 64.8 cm³/mol. The summed E-state index contributed by atoms with van der Waals surface area (Å²) >= 11 is 0. The van der Waals surface area contributed by atoms with Crippen LogP contribution >= 0.6 is 0 Å². The van der Waals surface area contributed by atoms with E-state index in [1.165, 1.54) is 6.42 Å². The van der Waals surface area contributed by atoms with Crippen molar-refractivity contribution in [3.63, 3.8) is 0 Å². The third kappa shape index (κ3) is 2.40. The van der Waals surface area contributed by atoms with Crippen LogP contribution in [0.5, 0.6) is 0 Å². The number of hydrogen-bond donors (Lipinski definition) is 0. The second kappa shape index (κ2) is 4.64. The van der Waals surface area contributed by atoms with E-state index in [1.807, 2.05) is 12.1 Å². The quantitative estimate of drug-likeness (QED) is 0.714. The minimum Gasteiger partial charge on any atom is -0.356 e. The van der Waals surface area contributed by atoms with Crippen LogP contribution in [0.1, 0.15) is 30.6 Å². The number of aromatic nitrogens is 1. The van der Waals surface area contributed by atoms with E-state index < -0.39 is 0 Å². The molecule has 2 heterocycles. The van der Waals surface area contributed by atoms with Gasteiger partial charge in [-0.15, -0.1) is 0 Å². The van der Waals surface area contributed by atoms with Gasteiger partial charge in [0.1, 0.15) is 5.82 Å². The standard InChI is InChI=1S/C13H18N2O/c1-10-5-11(2)8-15(7-10)13-4-3-12(9-16)6-14-13/h3-4,6,9-11H,5,7-8H2,1-2H3. The molecule has 0 bridgehead atoms. The van der Waals surface area contributed by atoms with Gasteiger partial charge in [0.15, 0.2) is 6.29 Å². The predicted octanol–water partition coefficient (Wildman–Crippen LogP) is 2.38. The van der Waals surface area contributed by atoms with Crippen LogP contribution in [0.25, 0.3) is 0 Å². The van der Waals surface area contributed by atoms with E-state index in [1.54, 1.807) is 6.20 Å². The Morgan fingerprint density at radius 2 is 2.00 bits per heavy atom. The highest BCUT2D eigenvalue weighted by Gasteiger charge is 2.22. The monoisotopic (exact) mass is 218 g/mol. The van der Waals surface area contributed by atoms with Crippen LogP contribution in [0.15, 0.2) is 18.3 Å². The second-order valence-corrected chi connectivity index (χ2v) is 4.92. The molecule has 2 rings (SSSR count). The molecule has 2 unspecified atom stereocenters. The van der Waals surface area contributed by atoms with E-state index in [0.717, 1.165) is 37.0 Å². The highest BCUT2D eigenvalue weighted by atomic mass is 16.1. The molecule has 1 aliphatic rings. The van der Waals surface area contributed by atoms with Gasteiger partial charge in [0.2, 0.25) is 0 Å². The van der Waals surface area contributed by atoms with E-state index in [-0.39, 0.29) is 0 Å². The van der Waals surface area contributed by atoms with Gasteiger partial charge in [-0.3, -0.25) is 4.79 Å². The maximum atomic E-state index is 10.5. The van der Waals surface area contributed by atoms with Crippen molar-refractivity contribution in [2.24, 2.45) is 11.8 Å². The zero-order chi connectivity index (χ0) is 11.5. The number of anilines is 1. The molecule has 0 amide bonds. The molecule has 1 aromatic rings. The van der Waals surface area contributed by atoms with E-state index in [0.29, 0.717) is 5.56 Å². The molecule has 0 aromatic carbocycles. The first-order chi connectivity index (χ1) is 7.69. The van der Waals surface area contributed by atoms with Crippen LogP contribution in [0.2, 0.25) is 0 Å². The van der Waals surface area contributed by atoms with E-state index in [2.05, 4.69) is 23.7 Å². The van der Waals surface area contributed by atoms with E-state index >= 15 is 0 Å². The van der Waals surface area contributed by atoms with Crippen molar-refractivity contribution in [1.82, 2.24) is 4.98 Å². The lowest BCUT2D eigenvalue weighted by Gasteiger charge is -2.35. The largest absolute Gasteiger partial charge is 0.356 e. The second-order valence-electron chi connectivity index (χ2n) is 4.92. The topological polar surface area (TPSA) is 33.2 Å². The summed E-state index contributed by atoms with van der Waals surface area (Å²) in [5.74, 6) is 2.43. The number of carbonyl (C=O) groups is 1. The third-order valence-corrected chi connectivity index (χ3v) is 3.10. The molecule has 0 radical (unpaired) electrons. The maximum Gasteiger partial charge on any atom is 0.151 e. The van der Waals surface area contributed by atoms with Crippen molar-refractivity contribution in [2.75, 3.05) is 18.0 Å². The molecule has 3 nitrogen and oxygen atoms in total. The molecule has 0 spiro atoms. The van der Waals surface area contributed by atoms with Gasteiger partial charge in [0.25, 0.3) is 0 Å². The summed E-state index contributed by atoms with van der Waals surface area (Å²) in [4.78, 5) is 17.2. The summed E-state index contributed by atoms with van der Waals surface area (Å²) in [5, 5.41) is 0. The molecular weight excluding hydrogens is 200 g/mol. The SMILES string of the molecule is CC1CC(C)CN(c2ccc(C=O)cn2)C1. The van der Waals surface area contributed by atoms with Gasteiger partial charge in [-0.2, -0.15) is 0 Å². The number of pyridine rings is 1. The summed E-state index contributed by atoms with van der Waals surface area (Å²) in [6, 6.07) is 3.77. The smallest absolute Gasteiger partial charge is 0.151 e. The number of aldehydes is 1. The van der Waals surface area contributed by atoms with Crippen molar-refractivity contribution in [1.29, 1.82) is 0 Å². The van der Waals surface area contributed by atoms with Crippen molar-refractivity contribution in [2.45, 2.75) is 20.3 Å². The molecule has 86 valence electrons. The van der Waals surface area contributed by atoms with Gasteiger partial charge in [-0.05, 0) is 30.4 Å². The first kappa shape index (κ1) is 11.1. The minimum atomic E-state index is 0.641. The van der Waals surface area contributed by atoms with Gasteiger partial charge in [0, 0.05) is 24.8 Å². The van der Waals surface area contributed by atoms with Crippen molar-refractivity contribution in [3.8, 4) is 0 Å². The molecular formula is C13H18N2O. The minimum absolute atomic E-state index is 0.641. The maximum absolute atomic E-state index is 10.5. The molecule has 1 aliphatic heterocycles. The average molecular weight is 218 g/mol. The fraction of sp³-hybridized carbons (Fsp3) is 0.538. The van der Waals surface area contributed by atoms with Crippen LogP contribution in [-0.4, -0.2) is 24.4 Å². The van der Waals surface area contributed by atoms with E-state index in [9.17, 15) is 4.79 Å². The van der Waals surface area contributed by atoms with Crippen molar-refractivity contribution < 1.29 is 4.79 Å². The van der Waals surface area contributed by atoms with E-state index in [4.69, 9.17) is 0 Å². The molecule has 2 atom stereocenters. The zero-order valence-electron chi connectivity index (χ0n) is 9.89. The summed E-state index contributed by atoms with van der Waals surface area (Å²) in [6.07, 6.45) is 3.77. The first-order valence-electron chi connectivity index (χ1n) is 5.85. The molecule has 0 N–H and O–H groups in total. The third-order valence-electron chi connectivity index (χ3n) is 3.10. The Bertz CT molecular complexity index is 351. The van der Waals surface area contributed by atoms with Crippen LogP contribution in [-0.2, 0) is 0 Å². The van der Waals surface area contributed by atoms with Gasteiger partial charge in [0.05, 0.1) is 0 Å². The van der Waals surface area contributed by atoms with Crippen LogP contribution in [0.4, 0.5) is 5.82 Å². The Labute approximate surface area is 96.5 Å². The molecule has 1 aromatic heterocycles. The summed E-state index contributed by atoms with van der Waals surface area (Å²) in [6.45, 7) is 6.69. The van der Waals surface area contributed by atoms with Crippen LogP contribution < -0.4 is 4.90 Å². The Balaban J connectivity index is 2.13. The van der Waals surface area contributed by atoms with Crippen LogP contribution in [0, 0.1) is 11.8 Å². The number of hydrogen-bond acceptors (Lipinski definition) is 3. The lowest BCUT2D eigenvalue weighted by molar-refractivity contribution is 0.112. The molecule has 0 saturated carbocycles. The Kier molecular flexibility index (Phi) is 3.22. The number of carbonyl (C=O) groups excluding carboxylic acids is 1. The summed E-state index contributed by atoms with van der Waals surface area (Å²) in [7, 11) is 0. The van der Waals surface area contributed by atoms with Gasteiger partial charge >= 0.3 is 0 Å². The number of rotatable bonds is 2. The lowest BCUT2D eigenvalue weighted by Crippen LogP contribution is -2.39. The normalized spacial score (nSPS) is 25.5.